The molecule has 5 nitrogen and oxygen atoms in total. The summed E-state index contributed by atoms with van der Waals surface area (Å²) in [4.78, 5) is 6.71. The number of aryl methyl sites for hydroxylation is 1. The van der Waals surface area contributed by atoms with Gasteiger partial charge in [0, 0.05) is 25.1 Å². The van der Waals surface area contributed by atoms with Crippen molar-refractivity contribution in [3.8, 4) is 0 Å². The number of nitrogens with zero attached hydrogens (tertiary/aromatic N) is 3. The van der Waals surface area contributed by atoms with E-state index in [2.05, 4.69) is 22.0 Å². The SMILES string of the molecule is CC1CCN(C(N)=NCc2noc3c2CCCC3)CC1. The molecule has 1 aromatic heterocycles. The van der Waals surface area contributed by atoms with Crippen molar-refractivity contribution in [2.45, 2.75) is 52.0 Å². The molecule has 0 bridgehead atoms. The van der Waals surface area contributed by atoms with Crippen LogP contribution in [0, 0.1) is 5.92 Å². The molecular weight excluding hydrogens is 252 g/mol. The van der Waals surface area contributed by atoms with E-state index in [4.69, 9.17) is 10.3 Å². The van der Waals surface area contributed by atoms with E-state index < -0.39 is 0 Å². The van der Waals surface area contributed by atoms with Crippen molar-refractivity contribution in [2.24, 2.45) is 16.6 Å². The maximum Gasteiger partial charge on any atom is 0.191 e. The number of piperidine rings is 1. The van der Waals surface area contributed by atoms with Crippen molar-refractivity contribution < 1.29 is 4.52 Å². The molecule has 2 aliphatic rings. The number of hydrogen-bond acceptors (Lipinski definition) is 3. The van der Waals surface area contributed by atoms with Gasteiger partial charge in [0.05, 0.1) is 6.54 Å². The van der Waals surface area contributed by atoms with E-state index in [0.717, 1.165) is 43.3 Å². The minimum atomic E-state index is 0.552. The lowest BCUT2D eigenvalue weighted by molar-refractivity contribution is 0.277. The molecule has 1 aliphatic carbocycles. The van der Waals surface area contributed by atoms with E-state index in [0.29, 0.717) is 12.5 Å². The summed E-state index contributed by atoms with van der Waals surface area (Å²) in [6, 6.07) is 0. The Morgan fingerprint density at radius 2 is 2.10 bits per heavy atom. The quantitative estimate of drug-likeness (QED) is 0.663. The molecule has 1 aliphatic heterocycles. The van der Waals surface area contributed by atoms with E-state index >= 15 is 0 Å². The third kappa shape index (κ3) is 2.81. The van der Waals surface area contributed by atoms with E-state index in [1.165, 1.54) is 31.2 Å². The fourth-order valence-electron chi connectivity index (χ4n) is 3.07. The minimum Gasteiger partial charge on any atom is -0.370 e. The molecular formula is C15H24N4O. The number of rotatable bonds is 2. The Labute approximate surface area is 120 Å². The number of likely N-dealkylation sites (tertiary alicyclic amines) is 1. The highest BCUT2D eigenvalue weighted by atomic mass is 16.5. The van der Waals surface area contributed by atoms with Crippen LogP contribution in [0.25, 0.3) is 0 Å². The first-order valence-corrected chi connectivity index (χ1v) is 7.75. The number of aromatic nitrogens is 1. The van der Waals surface area contributed by atoms with Gasteiger partial charge in [-0.3, -0.25) is 0 Å². The number of nitrogens with two attached hydrogens (primary N) is 1. The first kappa shape index (κ1) is 13.5. The summed E-state index contributed by atoms with van der Waals surface area (Å²) < 4.78 is 5.41. The zero-order valence-corrected chi connectivity index (χ0v) is 12.3. The molecule has 2 heterocycles. The Bertz CT molecular complexity index is 486. The molecule has 0 saturated carbocycles. The second-order valence-corrected chi connectivity index (χ2v) is 6.08. The van der Waals surface area contributed by atoms with Crippen LogP contribution < -0.4 is 5.73 Å². The van der Waals surface area contributed by atoms with Gasteiger partial charge >= 0.3 is 0 Å². The molecule has 0 atom stereocenters. The van der Waals surface area contributed by atoms with E-state index in [9.17, 15) is 0 Å². The van der Waals surface area contributed by atoms with E-state index in [1.807, 2.05) is 0 Å². The molecule has 1 fully saturated rings. The summed E-state index contributed by atoms with van der Waals surface area (Å²) >= 11 is 0. The van der Waals surface area contributed by atoms with Gasteiger partial charge < -0.3 is 15.2 Å². The van der Waals surface area contributed by atoms with E-state index in [-0.39, 0.29) is 0 Å². The van der Waals surface area contributed by atoms with Crippen molar-refractivity contribution in [1.82, 2.24) is 10.1 Å². The summed E-state index contributed by atoms with van der Waals surface area (Å²) in [6.45, 7) is 4.89. The fraction of sp³-hybridized carbons (Fsp3) is 0.733. The summed E-state index contributed by atoms with van der Waals surface area (Å²) in [6.07, 6.45) is 6.94. The van der Waals surface area contributed by atoms with Crippen molar-refractivity contribution in [2.75, 3.05) is 13.1 Å². The first-order chi connectivity index (χ1) is 9.74. The molecule has 5 heteroatoms. The maximum absolute atomic E-state index is 6.10. The topological polar surface area (TPSA) is 67.7 Å². The van der Waals surface area contributed by atoms with Crippen molar-refractivity contribution in [1.29, 1.82) is 0 Å². The van der Waals surface area contributed by atoms with Crippen LogP contribution >= 0.6 is 0 Å². The van der Waals surface area contributed by atoms with Crippen LogP contribution in [0.2, 0.25) is 0 Å². The zero-order valence-electron chi connectivity index (χ0n) is 12.3. The van der Waals surface area contributed by atoms with Crippen LogP contribution in [0.5, 0.6) is 0 Å². The van der Waals surface area contributed by atoms with Crippen LogP contribution in [0.1, 0.15) is 49.6 Å². The molecule has 20 heavy (non-hydrogen) atoms. The zero-order chi connectivity index (χ0) is 13.9. The average Bonchev–Trinajstić information content (AvgIpc) is 2.89. The van der Waals surface area contributed by atoms with Gasteiger partial charge in [0.25, 0.3) is 0 Å². The fourth-order valence-corrected chi connectivity index (χ4v) is 3.07. The Hall–Kier alpha value is -1.52. The highest BCUT2D eigenvalue weighted by molar-refractivity contribution is 5.78. The third-order valence-corrected chi connectivity index (χ3v) is 4.53. The Balaban J connectivity index is 1.63. The van der Waals surface area contributed by atoms with Crippen LogP contribution in [0.4, 0.5) is 0 Å². The molecule has 1 saturated heterocycles. The average molecular weight is 276 g/mol. The van der Waals surface area contributed by atoms with Crippen LogP contribution in [-0.2, 0) is 19.4 Å². The summed E-state index contributed by atoms with van der Waals surface area (Å²) in [5.41, 5.74) is 8.36. The molecule has 3 rings (SSSR count). The highest BCUT2D eigenvalue weighted by Crippen LogP contribution is 2.24. The highest BCUT2D eigenvalue weighted by Gasteiger charge is 2.20. The lowest BCUT2D eigenvalue weighted by Gasteiger charge is -2.30. The number of aliphatic imine (C=N–C) groups is 1. The molecule has 2 N–H and O–H groups in total. The van der Waals surface area contributed by atoms with Gasteiger partial charge in [0.1, 0.15) is 11.5 Å². The Morgan fingerprint density at radius 3 is 2.90 bits per heavy atom. The Kier molecular flexibility index (Phi) is 3.94. The first-order valence-electron chi connectivity index (χ1n) is 7.75. The van der Waals surface area contributed by atoms with Gasteiger partial charge in [-0.05, 0) is 38.0 Å². The van der Waals surface area contributed by atoms with Crippen LogP contribution in [0.3, 0.4) is 0 Å². The number of guanidine groups is 1. The molecule has 0 amide bonds. The van der Waals surface area contributed by atoms with Gasteiger partial charge in [-0.25, -0.2) is 4.99 Å². The monoisotopic (exact) mass is 276 g/mol. The van der Waals surface area contributed by atoms with Gasteiger partial charge in [0.2, 0.25) is 0 Å². The minimum absolute atomic E-state index is 0.552. The molecule has 0 unspecified atom stereocenters. The largest absolute Gasteiger partial charge is 0.370 e. The smallest absolute Gasteiger partial charge is 0.191 e. The third-order valence-electron chi connectivity index (χ3n) is 4.53. The molecule has 110 valence electrons. The summed E-state index contributed by atoms with van der Waals surface area (Å²) in [7, 11) is 0. The lowest BCUT2D eigenvalue weighted by Crippen LogP contribution is -2.42. The second-order valence-electron chi connectivity index (χ2n) is 6.08. The molecule has 1 aromatic rings. The summed E-state index contributed by atoms with van der Waals surface area (Å²) in [5, 5.41) is 4.17. The van der Waals surface area contributed by atoms with Crippen LogP contribution in [-0.4, -0.2) is 29.1 Å². The van der Waals surface area contributed by atoms with Gasteiger partial charge in [-0.1, -0.05) is 12.1 Å². The lowest BCUT2D eigenvalue weighted by atomic mass is 9.96. The molecule has 0 aromatic carbocycles. The second kappa shape index (κ2) is 5.85. The van der Waals surface area contributed by atoms with Gasteiger partial charge in [-0.2, -0.15) is 0 Å². The van der Waals surface area contributed by atoms with Crippen molar-refractivity contribution >= 4 is 5.96 Å². The van der Waals surface area contributed by atoms with Crippen LogP contribution in [0.15, 0.2) is 9.52 Å². The maximum atomic E-state index is 6.10. The predicted molar refractivity (Wildman–Crippen MR) is 78.4 cm³/mol. The normalized spacial score (nSPS) is 21.1. The molecule has 0 radical (unpaired) electrons. The van der Waals surface area contributed by atoms with Crippen molar-refractivity contribution in [3.63, 3.8) is 0 Å². The van der Waals surface area contributed by atoms with Gasteiger partial charge in [0.15, 0.2) is 5.96 Å². The van der Waals surface area contributed by atoms with E-state index in [1.54, 1.807) is 0 Å². The summed E-state index contributed by atoms with van der Waals surface area (Å²) in [5.74, 6) is 2.53. The van der Waals surface area contributed by atoms with Crippen molar-refractivity contribution in [3.05, 3.63) is 17.0 Å². The Morgan fingerprint density at radius 1 is 1.35 bits per heavy atom. The standard InChI is InChI=1S/C15H24N4O/c1-11-6-8-19(9-7-11)15(16)17-10-13-12-4-2-3-5-14(12)20-18-13/h11H,2-10H2,1H3,(H2,16,17). The molecule has 0 spiro atoms. The van der Waals surface area contributed by atoms with Gasteiger partial charge in [-0.15, -0.1) is 0 Å². The predicted octanol–water partition coefficient (Wildman–Crippen LogP) is 2.10. The number of fused-ring (bicyclic) bond motifs is 1. The number of hydrogen-bond donors (Lipinski definition) is 1.